The molecule has 29 heavy (non-hydrogen) atoms. The average Bonchev–Trinajstić information content (AvgIpc) is 3.14. The van der Waals surface area contributed by atoms with Crippen LogP contribution < -0.4 is 4.90 Å². The van der Waals surface area contributed by atoms with E-state index in [-0.39, 0.29) is 11.7 Å². The fourth-order valence-electron chi connectivity index (χ4n) is 2.94. The SMILES string of the molecule is Cc1ccc(-c2nnc(SCC(=O)N(C)c3ccccc3)c3nc(C)sc23)cc1. The van der Waals surface area contributed by atoms with Crippen molar-refractivity contribution in [2.45, 2.75) is 18.9 Å². The van der Waals surface area contributed by atoms with E-state index < -0.39 is 0 Å². The van der Waals surface area contributed by atoms with Crippen LogP contribution >= 0.6 is 23.1 Å². The summed E-state index contributed by atoms with van der Waals surface area (Å²) in [7, 11) is 1.78. The molecule has 0 aliphatic heterocycles. The molecule has 0 saturated carbocycles. The van der Waals surface area contributed by atoms with Gasteiger partial charge in [-0.2, -0.15) is 0 Å². The predicted octanol–water partition coefficient (Wildman–Crippen LogP) is 5.13. The number of amides is 1. The third-order valence-electron chi connectivity index (χ3n) is 4.57. The molecule has 0 atom stereocenters. The van der Waals surface area contributed by atoms with Gasteiger partial charge in [0.1, 0.15) is 16.2 Å². The number of nitrogens with zero attached hydrogens (tertiary/aromatic N) is 4. The van der Waals surface area contributed by atoms with Crippen LogP contribution in [0.25, 0.3) is 21.5 Å². The van der Waals surface area contributed by atoms with E-state index in [9.17, 15) is 4.79 Å². The summed E-state index contributed by atoms with van der Waals surface area (Å²) in [6, 6.07) is 17.9. The molecule has 146 valence electrons. The van der Waals surface area contributed by atoms with E-state index in [1.807, 2.05) is 37.3 Å². The molecule has 7 heteroatoms. The molecule has 0 fully saturated rings. The number of hydrogen-bond acceptors (Lipinski definition) is 6. The number of thiazole rings is 1. The Labute approximate surface area is 177 Å². The maximum atomic E-state index is 12.6. The third kappa shape index (κ3) is 4.16. The Kier molecular flexibility index (Phi) is 5.60. The van der Waals surface area contributed by atoms with E-state index >= 15 is 0 Å². The van der Waals surface area contributed by atoms with Crippen LogP contribution in [-0.4, -0.2) is 33.9 Å². The Hall–Kier alpha value is -2.77. The molecule has 0 aliphatic carbocycles. The summed E-state index contributed by atoms with van der Waals surface area (Å²) in [4.78, 5) is 18.9. The summed E-state index contributed by atoms with van der Waals surface area (Å²) >= 11 is 2.99. The monoisotopic (exact) mass is 420 g/mol. The van der Waals surface area contributed by atoms with Crippen LogP contribution in [0, 0.1) is 13.8 Å². The molecule has 0 unspecified atom stereocenters. The number of para-hydroxylation sites is 1. The first-order valence-corrected chi connectivity index (χ1v) is 11.0. The standard InChI is InChI=1S/C22H20N4OS2/c1-14-9-11-16(12-10-14)19-21-20(23-15(2)29-21)22(25-24-19)28-13-18(27)26(3)17-7-5-4-6-8-17/h4-12H,13H2,1-3H3. The number of benzene rings is 2. The van der Waals surface area contributed by atoms with Crippen LogP contribution in [0.2, 0.25) is 0 Å². The first-order chi connectivity index (χ1) is 14.0. The summed E-state index contributed by atoms with van der Waals surface area (Å²) in [6.45, 7) is 4.04. The maximum Gasteiger partial charge on any atom is 0.237 e. The van der Waals surface area contributed by atoms with Crippen molar-refractivity contribution in [3.05, 3.63) is 65.2 Å². The highest BCUT2D eigenvalue weighted by atomic mass is 32.2. The number of carbonyl (C=O) groups is 1. The van der Waals surface area contributed by atoms with Crippen LogP contribution in [-0.2, 0) is 4.79 Å². The van der Waals surface area contributed by atoms with Crippen LogP contribution in [0.3, 0.4) is 0 Å². The van der Waals surface area contributed by atoms with Gasteiger partial charge in [0.05, 0.1) is 15.5 Å². The average molecular weight is 421 g/mol. The molecule has 0 saturated heterocycles. The van der Waals surface area contributed by atoms with Crippen molar-refractivity contribution >= 4 is 44.9 Å². The first-order valence-electron chi connectivity index (χ1n) is 9.18. The fourth-order valence-corrected chi connectivity index (χ4v) is 4.77. The van der Waals surface area contributed by atoms with Gasteiger partial charge in [0, 0.05) is 18.3 Å². The second-order valence-electron chi connectivity index (χ2n) is 6.71. The Balaban J connectivity index is 1.59. The molecule has 4 aromatic rings. The highest BCUT2D eigenvalue weighted by Gasteiger charge is 2.18. The highest BCUT2D eigenvalue weighted by Crippen LogP contribution is 2.35. The summed E-state index contributed by atoms with van der Waals surface area (Å²) in [6.07, 6.45) is 0. The molecule has 0 N–H and O–H groups in total. The van der Waals surface area contributed by atoms with Gasteiger partial charge in [0.25, 0.3) is 0 Å². The van der Waals surface area contributed by atoms with Crippen LogP contribution in [0.5, 0.6) is 0 Å². The molecular weight excluding hydrogens is 400 g/mol. The van der Waals surface area contributed by atoms with E-state index in [1.54, 1.807) is 23.3 Å². The number of rotatable bonds is 5. The minimum absolute atomic E-state index is 0.00529. The van der Waals surface area contributed by atoms with Crippen molar-refractivity contribution < 1.29 is 4.79 Å². The van der Waals surface area contributed by atoms with Gasteiger partial charge in [-0.25, -0.2) is 4.98 Å². The number of thioether (sulfide) groups is 1. The second-order valence-corrected chi connectivity index (χ2v) is 8.87. The Bertz CT molecular complexity index is 1160. The molecule has 0 aliphatic rings. The van der Waals surface area contributed by atoms with Crippen molar-refractivity contribution in [2.24, 2.45) is 0 Å². The normalized spacial score (nSPS) is 11.0. The predicted molar refractivity (Wildman–Crippen MR) is 121 cm³/mol. The lowest BCUT2D eigenvalue weighted by atomic mass is 10.1. The molecule has 5 nitrogen and oxygen atoms in total. The third-order valence-corrected chi connectivity index (χ3v) is 6.48. The molecule has 4 rings (SSSR count). The number of aromatic nitrogens is 3. The van der Waals surface area contributed by atoms with Gasteiger partial charge in [-0.1, -0.05) is 59.8 Å². The first kappa shape index (κ1) is 19.5. The molecule has 0 spiro atoms. The molecular formula is C22H20N4OS2. The van der Waals surface area contributed by atoms with Crippen molar-refractivity contribution in [3.8, 4) is 11.3 Å². The summed E-state index contributed by atoms with van der Waals surface area (Å²) in [5, 5.41) is 10.5. The zero-order valence-electron chi connectivity index (χ0n) is 16.4. The van der Waals surface area contributed by atoms with Gasteiger partial charge in [-0.05, 0) is 26.0 Å². The van der Waals surface area contributed by atoms with Gasteiger partial charge < -0.3 is 4.90 Å². The number of hydrogen-bond donors (Lipinski definition) is 0. The lowest BCUT2D eigenvalue weighted by molar-refractivity contribution is -0.115. The number of aryl methyl sites for hydroxylation is 2. The second kappa shape index (κ2) is 8.31. The minimum Gasteiger partial charge on any atom is -0.315 e. The lowest BCUT2D eigenvalue weighted by Gasteiger charge is -2.16. The maximum absolute atomic E-state index is 12.6. The van der Waals surface area contributed by atoms with Gasteiger partial charge in [0.2, 0.25) is 5.91 Å². The molecule has 0 radical (unpaired) electrons. The van der Waals surface area contributed by atoms with E-state index in [0.717, 1.165) is 32.2 Å². The number of fused-ring (bicyclic) bond motifs is 1. The van der Waals surface area contributed by atoms with E-state index in [0.29, 0.717) is 5.03 Å². The quantitative estimate of drug-likeness (QED) is 0.419. The highest BCUT2D eigenvalue weighted by molar-refractivity contribution is 8.00. The molecule has 0 bridgehead atoms. The van der Waals surface area contributed by atoms with Crippen molar-refractivity contribution in [3.63, 3.8) is 0 Å². The summed E-state index contributed by atoms with van der Waals surface area (Å²) in [5.74, 6) is 0.279. The molecule has 2 aromatic heterocycles. The van der Waals surface area contributed by atoms with Gasteiger partial charge in [-0.3, -0.25) is 4.79 Å². The molecule has 1 amide bonds. The zero-order valence-corrected chi connectivity index (χ0v) is 18.0. The Morgan fingerprint density at radius 2 is 1.76 bits per heavy atom. The van der Waals surface area contributed by atoms with Crippen LogP contribution in [0.15, 0.2) is 59.6 Å². The van der Waals surface area contributed by atoms with E-state index in [1.165, 1.54) is 17.3 Å². The Morgan fingerprint density at radius 3 is 2.48 bits per heavy atom. The number of anilines is 1. The van der Waals surface area contributed by atoms with E-state index in [2.05, 4.69) is 46.4 Å². The van der Waals surface area contributed by atoms with Crippen molar-refractivity contribution in [1.29, 1.82) is 0 Å². The lowest BCUT2D eigenvalue weighted by Crippen LogP contribution is -2.27. The van der Waals surface area contributed by atoms with Crippen molar-refractivity contribution in [2.75, 3.05) is 17.7 Å². The minimum atomic E-state index is 0.00529. The van der Waals surface area contributed by atoms with Gasteiger partial charge in [0.15, 0.2) is 0 Å². The Morgan fingerprint density at radius 1 is 1.03 bits per heavy atom. The summed E-state index contributed by atoms with van der Waals surface area (Å²) < 4.78 is 1.01. The number of carbonyl (C=O) groups excluding carboxylic acids is 1. The van der Waals surface area contributed by atoms with Crippen LogP contribution in [0.4, 0.5) is 5.69 Å². The van der Waals surface area contributed by atoms with Gasteiger partial charge >= 0.3 is 0 Å². The largest absolute Gasteiger partial charge is 0.315 e. The van der Waals surface area contributed by atoms with Gasteiger partial charge in [-0.15, -0.1) is 21.5 Å². The van der Waals surface area contributed by atoms with Crippen LogP contribution in [0.1, 0.15) is 10.6 Å². The smallest absolute Gasteiger partial charge is 0.237 e. The van der Waals surface area contributed by atoms with E-state index in [4.69, 9.17) is 0 Å². The fraction of sp³-hybridized carbons (Fsp3) is 0.182. The zero-order chi connectivity index (χ0) is 20.4. The summed E-state index contributed by atoms with van der Waals surface area (Å²) in [5.41, 5.74) is 4.74. The topological polar surface area (TPSA) is 59.0 Å². The van der Waals surface area contributed by atoms with Crippen molar-refractivity contribution in [1.82, 2.24) is 15.2 Å². The molecule has 2 aromatic carbocycles. The molecule has 2 heterocycles.